The van der Waals surface area contributed by atoms with Crippen molar-refractivity contribution in [1.29, 1.82) is 0 Å². The van der Waals surface area contributed by atoms with Crippen LogP contribution in [-0.4, -0.2) is 29.1 Å². The van der Waals surface area contributed by atoms with E-state index in [1.54, 1.807) is 6.07 Å². The van der Waals surface area contributed by atoms with Gasteiger partial charge >= 0.3 is 0 Å². The van der Waals surface area contributed by atoms with Crippen molar-refractivity contribution in [2.24, 2.45) is 5.92 Å². The highest BCUT2D eigenvalue weighted by Gasteiger charge is 2.39. The van der Waals surface area contributed by atoms with Crippen molar-refractivity contribution in [2.45, 2.75) is 76.7 Å². The number of likely N-dealkylation sites (tertiary alicyclic amines) is 1. The third-order valence-corrected chi connectivity index (χ3v) is 6.61. The molecule has 0 radical (unpaired) electrons. The average Bonchev–Trinajstić information content (AvgIpc) is 2.50. The summed E-state index contributed by atoms with van der Waals surface area (Å²) in [6, 6.07) is 8.75. The number of rotatable bonds is 2. The summed E-state index contributed by atoms with van der Waals surface area (Å²) in [5, 5.41) is 9.85. The lowest BCUT2D eigenvalue weighted by molar-refractivity contribution is 0.0636. The fraction of sp³-hybridized carbons (Fsp3) is 0.714. The van der Waals surface area contributed by atoms with Crippen molar-refractivity contribution < 1.29 is 5.11 Å². The van der Waals surface area contributed by atoms with Crippen LogP contribution in [0.25, 0.3) is 0 Å². The zero-order valence-corrected chi connectivity index (χ0v) is 14.9. The Bertz CT molecular complexity index is 506. The fourth-order valence-electron chi connectivity index (χ4n) is 4.69. The van der Waals surface area contributed by atoms with E-state index in [9.17, 15) is 5.11 Å². The number of benzene rings is 1. The third-order valence-electron chi connectivity index (χ3n) is 6.61. The number of piperidine rings is 1. The average molecular weight is 316 g/mol. The Hall–Kier alpha value is -1.02. The van der Waals surface area contributed by atoms with Crippen molar-refractivity contribution in [2.75, 3.05) is 13.1 Å². The minimum atomic E-state index is 0.191. The second-order valence-electron chi connectivity index (χ2n) is 8.11. The first kappa shape index (κ1) is 16.8. The Kier molecular flexibility index (Phi) is 5.31. The largest absolute Gasteiger partial charge is 0.508 e. The van der Waals surface area contributed by atoms with Gasteiger partial charge in [-0.15, -0.1) is 0 Å². The van der Waals surface area contributed by atoms with Crippen molar-refractivity contribution in [3.05, 3.63) is 29.8 Å². The normalized spacial score (nSPS) is 31.5. The van der Waals surface area contributed by atoms with Crippen molar-refractivity contribution in [3.8, 4) is 5.75 Å². The minimum Gasteiger partial charge on any atom is -0.508 e. The molecule has 0 unspecified atom stereocenters. The molecular weight excluding hydrogens is 282 g/mol. The van der Waals surface area contributed by atoms with Gasteiger partial charge in [0.05, 0.1) is 0 Å². The van der Waals surface area contributed by atoms with E-state index in [1.807, 2.05) is 12.1 Å². The van der Waals surface area contributed by atoms with Gasteiger partial charge in [0.2, 0.25) is 0 Å². The van der Waals surface area contributed by atoms with E-state index in [0.29, 0.717) is 11.7 Å². The maximum Gasteiger partial charge on any atom is 0.115 e. The van der Waals surface area contributed by atoms with Gasteiger partial charge in [-0.25, -0.2) is 0 Å². The molecule has 1 aromatic carbocycles. The van der Waals surface area contributed by atoms with Crippen LogP contribution in [0.2, 0.25) is 0 Å². The molecule has 2 nitrogen and oxygen atoms in total. The molecule has 1 aromatic rings. The van der Waals surface area contributed by atoms with E-state index in [2.05, 4.69) is 24.8 Å². The number of nitrogens with zero attached hydrogens (tertiary/aromatic N) is 1. The zero-order chi connectivity index (χ0) is 16.3. The molecule has 1 saturated carbocycles. The predicted molar refractivity (Wildman–Crippen MR) is 96.9 cm³/mol. The second kappa shape index (κ2) is 7.25. The first-order chi connectivity index (χ1) is 11.1. The Labute approximate surface area is 141 Å². The van der Waals surface area contributed by atoms with Crippen LogP contribution in [0.3, 0.4) is 0 Å². The molecule has 0 amide bonds. The fourth-order valence-corrected chi connectivity index (χ4v) is 4.69. The molecule has 1 aliphatic carbocycles. The van der Waals surface area contributed by atoms with Crippen LogP contribution in [0.15, 0.2) is 24.3 Å². The van der Waals surface area contributed by atoms with Gasteiger partial charge in [0.15, 0.2) is 0 Å². The van der Waals surface area contributed by atoms with Crippen molar-refractivity contribution in [1.82, 2.24) is 4.90 Å². The Balaban J connectivity index is 1.68. The van der Waals surface area contributed by atoms with Gasteiger partial charge in [-0.05, 0) is 54.8 Å². The van der Waals surface area contributed by atoms with E-state index in [1.165, 1.54) is 70.0 Å². The van der Waals surface area contributed by atoms with Gasteiger partial charge in [0.1, 0.15) is 5.75 Å². The minimum absolute atomic E-state index is 0.191. The molecule has 3 rings (SSSR count). The summed E-state index contributed by atoms with van der Waals surface area (Å²) in [4.78, 5) is 2.78. The highest BCUT2D eigenvalue weighted by atomic mass is 16.3. The molecular formula is C21H33NO. The van der Waals surface area contributed by atoms with Gasteiger partial charge in [0, 0.05) is 12.6 Å². The predicted octanol–water partition coefficient (Wildman–Crippen LogP) is 5.10. The molecule has 23 heavy (non-hydrogen) atoms. The van der Waals surface area contributed by atoms with Crippen molar-refractivity contribution in [3.63, 3.8) is 0 Å². The Morgan fingerprint density at radius 3 is 2.43 bits per heavy atom. The molecule has 0 aromatic heterocycles. The van der Waals surface area contributed by atoms with Gasteiger partial charge < -0.3 is 10.0 Å². The standard InChI is InChI=1S/C21H33NO/c1-17-16-22(19-10-6-4-3-5-7-11-19)14-13-21(17,2)18-9-8-12-20(23)15-18/h8-9,12,15,17,19,23H,3-7,10-11,13-14,16H2,1-2H3/t17-,21+/m0/s1. The summed E-state index contributed by atoms with van der Waals surface area (Å²) in [7, 11) is 0. The third kappa shape index (κ3) is 3.74. The zero-order valence-electron chi connectivity index (χ0n) is 14.9. The quantitative estimate of drug-likeness (QED) is 0.820. The molecule has 0 spiro atoms. The highest BCUT2D eigenvalue weighted by molar-refractivity contribution is 5.33. The van der Waals surface area contributed by atoms with Gasteiger partial charge in [-0.1, -0.05) is 58.1 Å². The lowest BCUT2D eigenvalue weighted by Gasteiger charge is -2.48. The molecule has 1 heterocycles. The lowest BCUT2D eigenvalue weighted by Crippen LogP contribution is -2.51. The second-order valence-corrected chi connectivity index (χ2v) is 8.11. The summed E-state index contributed by atoms with van der Waals surface area (Å²) in [5.41, 5.74) is 1.50. The number of phenols is 1. The summed E-state index contributed by atoms with van der Waals surface area (Å²) in [6.45, 7) is 7.21. The topological polar surface area (TPSA) is 23.5 Å². The first-order valence-corrected chi connectivity index (χ1v) is 9.63. The molecule has 2 atom stereocenters. The van der Waals surface area contributed by atoms with Crippen LogP contribution >= 0.6 is 0 Å². The monoisotopic (exact) mass is 315 g/mol. The van der Waals surface area contributed by atoms with Crippen LogP contribution < -0.4 is 0 Å². The SMILES string of the molecule is C[C@H]1CN(C2CCCCCCC2)CC[C@@]1(C)c1cccc(O)c1. The molecule has 1 aliphatic heterocycles. The number of phenolic OH excluding ortho intramolecular Hbond substituents is 1. The van der Waals surface area contributed by atoms with Gasteiger partial charge in [-0.2, -0.15) is 0 Å². The van der Waals surface area contributed by atoms with Crippen LogP contribution in [0, 0.1) is 5.92 Å². The number of hydrogen-bond acceptors (Lipinski definition) is 2. The maximum absolute atomic E-state index is 9.85. The number of hydrogen-bond donors (Lipinski definition) is 1. The molecule has 0 bridgehead atoms. The molecule has 1 N–H and O–H groups in total. The van der Waals surface area contributed by atoms with E-state index in [0.717, 1.165) is 6.04 Å². The van der Waals surface area contributed by atoms with E-state index in [-0.39, 0.29) is 5.41 Å². The molecule has 128 valence electrons. The first-order valence-electron chi connectivity index (χ1n) is 9.63. The maximum atomic E-state index is 9.85. The smallest absolute Gasteiger partial charge is 0.115 e. The van der Waals surface area contributed by atoms with Crippen molar-refractivity contribution >= 4 is 0 Å². The molecule has 1 saturated heterocycles. The van der Waals surface area contributed by atoms with Crippen LogP contribution in [0.1, 0.15) is 70.8 Å². The van der Waals surface area contributed by atoms with E-state index >= 15 is 0 Å². The van der Waals surface area contributed by atoms with Gasteiger partial charge in [-0.3, -0.25) is 0 Å². The Morgan fingerprint density at radius 2 is 1.78 bits per heavy atom. The molecule has 2 aliphatic rings. The molecule has 2 heteroatoms. The summed E-state index contributed by atoms with van der Waals surface area (Å²) >= 11 is 0. The lowest BCUT2D eigenvalue weighted by atomic mass is 9.67. The van der Waals surface area contributed by atoms with E-state index in [4.69, 9.17) is 0 Å². The summed E-state index contributed by atoms with van der Waals surface area (Å²) < 4.78 is 0. The number of aromatic hydroxyl groups is 1. The highest BCUT2D eigenvalue weighted by Crippen LogP contribution is 2.41. The Morgan fingerprint density at radius 1 is 1.09 bits per heavy atom. The van der Waals surface area contributed by atoms with Crippen LogP contribution in [0.5, 0.6) is 5.75 Å². The van der Waals surface area contributed by atoms with Gasteiger partial charge in [0.25, 0.3) is 0 Å². The van der Waals surface area contributed by atoms with Crippen LogP contribution in [0.4, 0.5) is 0 Å². The van der Waals surface area contributed by atoms with Crippen LogP contribution in [-0.2, 0) is 5.41 Å². The summed E-state index contributed by atoms with van der Waals surface area (Å²) in [6.07, 6.45) is 11.1. The van der Waals surface area contributed by atoms with E-state index < -0.39 is 0 Å². The summed E-state index contributed by atoms with van der Waals surface area (Å²) in [5.74, 6) is 1.03. The molecule has 2 fully saturated rings.